The van der Waals surface area contributed by atoms with Crippen LogP contribution in [0.25, 0.3) is 0 Å². The number of fused-ring (bicyclic) bond motifs is 1. The van der Waals surface area contributed by atoms with Crippen LogP contribution >= 0.6 is 0 Å². The Morgan fingerprint density at radius 1 is 1.27 bits per heavy atom. The van der Waals surface area contributed by atoms with Gasteiger partial charge in [0.1, 0.15) is 0 Å². The van der Waals surface area contributed by atoms with Crippen LogP contribution in [0, 0.1) is 5.92 Å². The maximum Gasteiger partial charge on any atom is 0.237 e. The smallest absolute Gasteiger partial charge is 0.237 e. The molecule has 4 heteroatoms. The van der Waals surface area contributed by atoms with E-state index in [-0.39, 0.29) is 18.6 Å². The van der Waals surface area contributed by atoms with Crippen LogP contribution in [-0.4, -0.2) is 53.1 Å². The fraction of sp³-hybridized carbons (Fsp3) is 0.611. The van der Waals surface area contributed by atoms with E-state index in [1.807, 2.05) is 11.0 Å². The molecule has 1 aromatic rings. The topological polar surface area (TPSA) is 43.8 Å². The lowest BCUT2D eigenvalue weighted by molar-refractivity contribution is -0.135. The van der Waals surface area contributed by atoms with E-state index in [2.05, 4.69) is 30.0 Å². The van der Waals surface area contributed by atoms with Crippen LogP contribution in [0.1, 0.15) is 30.9 Å². The summed E-state index contributed by atoms with van der Waals surface area (Å²) in [6, 6.07) is 8.52. The van der Waals surface area contributed by atoms with Gasteiger partial charge in [0, 0.05) is 19.1 Å². The molecule has 2 heterocycles. The lowest BCUT2D eigenvalue weighted by Crippen LogP contribution is -2.51. The Balaban J connectivity index is 1.63. The van der Waals surface area contributed by atoms with E-state index in [0.717, 1.165) is 38.9 Å². The molecule has 2 unspecified atom stereocenters. The number of carbonyl (C=O) groups excluding carboxylic acids is 1. The summed E-state index contributed by atoms with van der Waals surface area (Å²) in [5.74, 6) is 0.663. The third kappa shape index (κ3) is 3.18. The molecule has 1 amide bonds. The van der Waals surface area contributed by atoms with Gasteiger partial charge in [-0.25, -0.2) is 0 Å². The number of aliphatic hydroxyl groups is 1. The Bertz CT molecular complexity index is 532. The number of aliphatic hydroxyl groups excluding tert-OH is 1. The Labute approximate surface area is 132 Å². The number of carbonyl (C=O) groups is 1. The molecule has 4 nitrogen and oxygen atoms in total. The molecule has 0 aromatic heterocycles. The maximum atomic E-state index is 12.6. The molecule has 1 saturated heterocycles. The quantitative estimate of drug-likeness (QED) is 0.923. The largest absolute Gasteiger partial charge is 0.395 e. The second kappa shape index (κ2) is 6.80. The zero-order valence-electron chi connectivity index (χ0n) is 13.4. The number of nitrogens with zero attached hydrogens (tertiary/aromatic N) is 2. The first-order valence-electron chi connectivity index (χ1n) is 8.38. The van der Waals surface area contributed by atoms with Crippen LogP contribution in [0.2, 0.25) is 0 Å². The predicted octanol–water partition coefficient (Wildman–Crippen LogP) is 1.66. The van der Waals surface area contributed by atoms with E-state index in [1.54, 1.807) is 0 Å². The van der Waals surface area contributed by atoms with Crippen molar-refractivity contribution in [1.82, 2.24) is 9.80 Å². The predicted molar refractivity (Wildman–Crippen MR) is 86.4 cm³/mol. The monoisotopic (exact) mass is 302 g/mol. The van der Waals surface area contributed by atoms with Crippen molar-refractivity contribution < 1.29 is 9.90 Å². The fourth-order valence-corrected chi connectivity index (χ4v) is 3.81. The summed E-state index contributed by atoms with van der Waals surface area (Å²) in [5.41, 5.74) is 2.64. The minimum atomic E-state index is 0.134. The second-order valence-electron chi connectivity index (χ2n) is 6.67. The molecule has 2 atom stereocenters. The van der Waals surface area contributed by atoms with Crippen LogP contribution in [-0.2, 0) is 17.8 Å². The van der Waals surface area contributed by atoms with E-state index < -0.39 is 0 Å². The number of piperidine rings is 1. The van der Waals surface area contributed by atoms with Gasteiger partial charge >= 0.3 is 0 Å². The number of benzene rings is 1. The van der Waals surface area contributed by atoms with Crippen molar-refractivity contribution in [2.24, 2.45) is 5.92 Å². The second-order valence-corrected chi connectivity index (χ2v) is 6.67. The first kappa shape index (κ1) is 15.5. The zero-order valence-corrected chi connectivity index (χ0v) is 13.4. The van der Waals surface area contributed by atoms with Gasteiger partial charge in [0.25, 0.3) is 0 Å². The fourth-order valence-electron chi connectivity index (χ4n) is 3.81. The molecular weight excluding hydrogens is 276 g/mol. The summed E-state index contributed by atoms with van der Waals surface area (Å²) in [4.78, 5) is 16.8. The molecule has 0 aliphatic carbocycles. The van der Waals surface area contributed by atoms with E-state index in [4.69, 9.17) is 0 Å². The molecule has 1 N–H and O–H groups in total. The molecule has 0 bridgehead atoms. The van der Waals surface area contributed by atoms with Crippen molar-refractivity contribution in [3.05, 3.63) is 35.4 Å². The van der Waals surface area contributed by atoms with E-state index in [1.165, 1.54) is 11.1 Å². The first-order valence-corrected chi connectivity index (χ1v) is 8.38. The maximum absolute atomic E-state index is 12.6. The summed E-state index contributed by atoms with van der Waals surface area (Å²) < 4.78 is 0. The average Bonchev–Trinajstić information content (AvgIpc) is 2.54. The summed E-state index contributed by atoms with van der Waals surface area (Å²) in [6.07, 6.45) is 3.21. The zero-order chi connectivity index (χ0) is 15.5. The highest BCUT2D eigenvalue weighted by Gasteiger charge is 2.30. The molecule has 1 fully saturated rings. The third-order valence-corrected chi connectivity index (χ3v) is 5.24. The number of likely N-dealkylation sites (tertiary alicyclic amines) is 1. The summed E-state index contributed by atoms with van der Waals surface area (Å²) >= 11 is 0. The van der Waals surface area contributed by atoms with Crippen molar-refractivity contribution in [1.29, 1.82) is 0 Å². The minimum Gasteiger partial charge on any atom is -0.395 e. The minimum absolute atomic E-state index is 0.134. The van der Waals surface area contributed by atoms with Crippen molar-refractivity contribution >= 4 is 5.91 Å². The molecule has 0 radical (unpaired) electrons. The third-order valence-electron chi connectivity index (χ3n) is 5.24. The molecule has 120 valence electrons. The Hall–Kier alpha value is -1.39. The van der Waals surface area contributed by atoms with Gasteiger partial charge in [-0.3, -0.25) is 9.69 Å². The van der Waals surface area contributed by atoms with Gasteiger partial charge in [-0.15, -0.1) is 0 Å². The molecule has 22 heavy (non-hydrogen) atoms. The van der Waals surface area contributed by atoms with Gasteiger partial charge < -0.3 is 10.0 Å². The number of hydrogen-bond donors (Lipinski definition) is 1. The highest BCUT2D eigenvalue weighted by atomic mass is 16.3. The molecule has 0 spiro atoms. The molecule has 3 rings (SSSR count). The van der Waals surface area contributed by atoms with E-state index >= 15 is 0 Å². The Morgan fingerprint density at radius 2 is 2.05 bits per heavy atom. The SMILES string of the molecule is CC1CCCN(CC(=O)N2CCc3ccccc3C2)C1CO. The number of amides is 1. The molecule has 0 saturated carbocycles. The Morgan fingerprint density at radius 3 is 2.82 bits per heavy atom. The van der Waals surface area contributed by atoms with Gasteiger partial charge in [0.15, 0.2) is 0 Å². The van der Waals surface area contributed by atoms with Crippen molar-refractivity contribution in [2.45, 2.75) is 38.8 Å². The van der Waals surface area contributed by atoms with Crippen molar-refractivity contribution in [3.63, 3.8) is 0 Å². The summed E-state index contributed by atoms with van der Waals surface area (Å²) in [6.45, 7) is 5.22. The summed E-state index contributed by atoms with van der Waals surface area (Å²) in [5, 5.41) is 9.62. The molecular formula is C18H26N2O2. The molecule has 2 aliphatic rings. The van der Waals surface area contributed by atoms with Gasteiger partial charge in [0.05, 0.1) is 13.2 Å². The van der Waals surface area contributed by atoms with Crippen LogP contribution in [0.15, 0.2) is 24.3 Å². The van der Waals surface area contributed by atoms with Crippen molar-refractivity contribution in [3.8, 4) is 0 Å². The summed E-state index contributed by atoms with van der Waals surface area (Å²) in [7, 11) is 0. The molecule has 1 aromatic carbocycles. The van der Waals surface area contributed by atoms with Crippen molar-refractivity contribution in [2.75, 3.05) is 26.2 Å². The number of rotatable bonds is 3. The molecule has 2 aliphatic heterocycles. The van der Waals surface area contributed by atoms with Crippen LogP contribution < -0.4 is 0 Å². The normalized spacial score (nSPS) is 25.8. The van der Waals surface area contributed by atoms with E-state index in [9.17, 15) is 9.90 Å². The van der Waals surface area contributed by atoms with Gasteiger partial charge in [-0.1, -0.05) is 31.2 Å². The lowest BCUT2D eigenvalue weighted by atomic mass is 9.91. The standard InChI is InChI=1S/C18H26N2O2/c1-14-5-4-9-19(17(14)13-21)12-18(22)20-10-8-15-6-2-3-7-16(15)11-20/h2-3,6-7,14,17,21H,4-5,8-13H2,1H3. The van der Waals surface area contributed by atoms with Crippen LogP contribution in [0.5, 0.6) is 0 Å². The Kier molecular flexibility index (Phi) is 4.79. The average molecular weight is 302 g/mol. The highest BCUT2D eigenvalue weighted by Crippen LogP contribution is 2.24. The van der Waals surface area contributed by atoms with Gasteiger partial charge in [-0.2, -0.15) is 0 Å². The highest BCUT2D eigenvalue weighted by molar-refractivity contribution is 5.78. The number of hydrogen-bond acceptors (Lipinski definition) is 3. The lowest BCUT2D eigenvalue weighted by Gasteiger charge is -2.40. The van der Waals surface area contributed by atoms with Crippen LogP contribution in [0.4, 0.5) is 0 Å². The van der Waals surface area contributed by atoms with E-state index in [0.29, 0.717) is 12.5 Å². The first-order chi connectivity index (χ1) is 10.7. The van der Waals surface area contributed by atoms with Gasteiger partial charge in [0.2, 0.25) is 5.91 Å². The van der Waals surface area contributed by atoms with Crippen LogP contribution in [0.3, 0.4) is 0 Å². The van der Waals surface area contributed by atoms with Gasteiger partial charge in [-0.05, 0) is 42.9 Å².